The van der Waals surface area contributed by atoms with Crippen molar-refractivity contribution in [3.8, 4) is 22.3 Å². The highest BCUT2D eigenvalue weighted by molar-refractivity contribution is 5.91. The maximum absolute atomic E-state index is 2.45. The first-order valence-electron chi connectivity index (χ1n) is 18.4. The highest BCUT2D eigenvalue weighted by Gasteiger charge is 2.68. The van der Waals surface area contributed by atoms with Crippen LogP contribution in [0.2, 0.25) is 0 Å². The molecule has 10 rings (SSSR count). The Bertz CT molecular complexity index is 2160. The van der Waals surface area contributed by atoms with E-state index in [0.717, 1.165) is 0 Å². The Morgan fingerprint density at radius 2 is 0.404 bits per heavy atom. The standard InChI is InChI=1S/C52H38/c1-5-21-37(22-6-1)49(38-23-7-2-8-24-38)51(45-33-17-13-29-41(45)42-30-14-18-34-46(42)51)52(47-35-19-15-31-43(47)44-32-16-20-36-48(44)52)50(39-25-9-3-10-26-39)40-27-11-4-12-28-40/h1-36,49-50H. The van der Waals surface area contributed by atoms with Gasteiger partial charge in [0.05, 0.1) is 0 Å². The van der Waals surface area contributed by atoms with Crippen molar-refractivity contribution < 1.29 is 0 Å². The molecular formula is C52H38. The molecule has 0 bridgehead atoms. The Labute approximate surface area is 306 Å². The van der Waals surface area contributed by atoms with Crippen LogP contribution in [0.5, 0.6) is 0 Å². The van der Waals surface area contributed by atoms with Gasteiger partial charge in [-0.2, -0.15) is 0 Å². The zero-order valence-electron chi connectivity index (χ0n) is 28.9. The van der Waals surface area contributed by atoms with Crippen molar-refractivity contribution in [3.05, 3.63) is 263 Å². The van der Waals surface area contributed by atoms with Gasteiger partial charge in [-0.05, 0) is 66.8 Å². The van der Waals surface area contributed by atoms with E-state index in [-0.39, 0.29) is 11.8 Å². The smallest absolute Gasteiger partial charge is 0.0470 e. The minimum atomic E-state index is -0.623. The number of hydrogen-bond donors (Lipinski definition) is 0. The predicted molar refractivity (Wildman–Crippen MR) is 215 cm³/mol. The average molecular weight is 663 g/mol. The lowest BCUT2D eigenvalue weighted by Crippen LogP contribution is -2.56. The summed E-state index contributed by atoms with van der Waals surface area (Å²) in [6.07, 6.45) is 0. The lowest BCUT2D eigenvalue weighted by Gasteiger charge is -2.57. The maximum atomic E-state index is 2.45. The second kappa shape index (κ2) is 12.2. The Kier molecular flexibility index (Phi) is 7.18. The van der Waals surface area contributed by atoms with Crippen molar-refractivity contribution in [1.29, 1.82) is 0 Å². The topological polar surface area (TPSA) is 0 Å². The average Bonchev–Trinajstić information content (AvgIpc) is 3.69. The van der Waals surface area contributed by atoms with E-state index >= 15 is 0 Å². The molecule has 0 heteroatoms. The quantitative estimate of drug-likeness (QED) is 0.159. The van der Waals surface area contributed by atoms with Crippen LogP contribution in [0.4, 0.5) is 0 Å². The molecule has 0 fully saturated rings. The third kappa shape index (κ3) is 4.16. The Hall–Kier alpha value is -6.24. The Balaban J connectivity index is 1.52. The Morgan fingerprint density at radius 3 is 0.635 bits per heavy atom. The third-order valence-corrected chi connectivity index (χ3v) is 12.0. The van der Waals surface area contributed by atoms with Crippen LogP contribution >= 0.6 is 0 Å². The minimum Gasteiger partial charge on any atom is -0.0622 e. The molecule has 0 saturated heterocycles. The van der Waals surface area contributed by atoms with E-state index in [2.05, 4.69) is 218 Å². The van der Waals surface area contributed by atoms with Gasteiger partial charge < -0.3 is 0 Å². The summed E-state index contributed by atoms with van der Waals surface area (Å²) in [5.41, 5.74) is 14.7. The molecule has 0 spiro atoms. The SMILES string of the molecule is c1ccc(C(c2ccccc2)C2(C3(C(c4ccccc4)c4ccccc4)c4ccccc4-c4ccccc43)c3ccccc3-c3ccccc32)cc1. The number of rotatable bonds is 7. The molecule has 8 aromatic rings. The summed E-state index contributed by atoms with van der Waals surface area (Å²) in [4.78, 5) is 0. The first-order chi connectivity index (χ1) is 25.8. The lowest BCUT2D eigenvalue weighted by atomic mass is 9.43. The van der Waals surface area contributed by atoms with Crippen LogP contribution in [-0.4, -0.2) is 0 Å². The first kappa shape index (κ1) is 30.6. The van der Waals surface area contributed by atoms with Crippen molar-refractivity contribution in [2.75, 3.05) is 0 Å². The van der Waals surface area contributed by atoms with Crippen LogP contribution < -0.4 is 0 Å². The van der Waals surface area contributed by atoms with Gasteiger partial charge in [-0.3, -0.25) is 0 Å². The predicted octanol–water partition coefficient (Wildman–Crippen LogP) is 12.6. The van der Waals surface area contributed by atoms with Crippen LogP contribution in [0, 0.1) is 0 Å². The van der Waals surface area contributed by atoms with E-state index in [0.29, 0.717) is 0 Å². The number of hydrogen-bond acceptors (Lipinski definition) is 0. The van der Waals surface area contributed by atoms with E-state index in [4.69, 9.17) is 0 Å². The molecule has 0 amide bonds. The molecule has 0 N–H and O–H groups in total. The van der Waals surface area contributed by atoms with E-state index in [1.165, 1.54) is 66.8 Å². The van der Waals surface area contributed by atoms with Gasteiger partial charge in [0.2, 0.25) is 0 Å². The van der Waals surface area contributed by atoms with E-state index in [1.807, 2.05) is 0 Å². The molecule has 0 heterocycles. The molecule has 52 heavy (non-hydrogen) atoms. The zero-order chi connectivity index (χ0) is 34.5. The van der Waals surface area contributed by atoms with Gasteiger partial charge in [-0.15, -0.1) is 0 Å². The molecule has 0 unspecified atom stereocenters. The van der Waals surface area contributed by atoms with Gasteiger partial charge in [0, 0.05) is 22.7 Å². The molecule has 246 valence electrons. The largest absolute Gasteiger partial charge is 0.0622 e. The highest BCUT2D eigenvalue weighted by atomic mass is 14.7. The highest BCUT2D eigenvalue weighted by Crippen LogP contribution is 2.74. The second-order valence-electron chi connectivity index (χ2n) is 14.3. The summed E-state index contributed by atoms with van der Waals surface area (Å²) in [6, 6.07) is 82.6. The van der Waals surface area contributed by atoms with E-state index in [9.17, 15) is 0 Å². The van der Waals surface area contributed by atoms with Gasteiger partial charge in [0.15, 0.2) is 0 Å². The fraction of sp³-hybridized carbons (Fsp3) is 0.0769. The normalized spacial score (nSPS) is 14.4. The number of fused-ring (bicyclic) bond motifs is 6. The fourth-order valence-electron chi connectivity index (χ4n) is 10.4. The Morgan fingerprint density at radius 1 is 0.212 bits per heavy atom. The maximum Gasteiger partial charge on any atom is 0.0470 e. The fourth-order valence-corrected chi connectivity index (χ4v) is 10.4. The van der Waals surface area contributed by atoms with Crippen LogP contribution in [0.3, 0.4) is 0 Å². The van der Waals surface area contributed by atoms with Crippen molar-refractivity contribution >= 4 is 0 Å². The molecule has 0 aromatic heterocycles. The third-order valence-electron chi connectivity index (χ3n) is 12.0. The van der Waals surface area contributed by atoms with Crippen molar-refractivity contribution in [2.24, 2.45) is 0 Å². The molecule has 2 aliphatic rings. The van der Waals surface area contributed by atoms with Gasteiger partial charge in [-0.1, -0.05) is 218 Å². The lowest BCUT2D eigenvalue weighted by molar-refractivity contribution is 0.258. The van der Waals surface area contributed by atoms with E-state index < -0.39 is 10.8 Å². The summed E-state index contributed by atoms with van der Waals surface area (Å²) in [5, 5.41) is 0. The second-order valence-corrected chi connectivity index (χ2v) is 14.3. The summed E-state index contributed by atoms with van der Waals surface area (Å²) in [5.74, 6) is -0.123. The van der Waals surface area contributed by atoms with E-state index in [1.54, 1.807) is 0 Å². The molecule has 0 saturated carbocycles. The summed E-state index contributed by atoms with van der Waals surface area (Å²) in [7, 11) is 0. The molecule has 8 aromatic carbocycles. The summed E-state index contributed by atoms with van der Waals surface area (Å²) < 4.78 is 0. The van der Waals surface area contributed by atoms with Crippen molar-refractivity contribution in [2.45, 2.75) is 22.7 Å². The van der Waals surface area contributed by atoms with Gasteiger partial charge in [-0.25, -0.2) is 0 Å². The molecular weight excluding hydrogens is 625 g/mol. The van der Waals surface area contributed by atoms with Gasteiger partial charge in [0.1, 0.15) is 0 Å². The summed E-state index contributed by atoms with van der Waals surface area (Å²) >= 11 is 0. The molecule has 2 aliphatic carbocycles. The van der Waals surface area contributed by atoms with Gasteiger partial charge >= 0.3 is 0 Å². The monoisotopic (exact) mass is 662 g/mol. The molecule has 0 nitrogen and oxygen atoms in total. The summed E-state index contributed by atoms with van der Waals surface area (Å²) in [6.45, 7) is 0. The first-order valence-corrected chi connectivity index (χ1v) is 18.4. The van der Waals surface area contributed by atoms with Gasteiger partial charge in [0.25, 0.3) is 0 Å². The number of benzene rings is 8. The molecule has 0 atom stereocenters. The van der Waals surface area contributed by atoms with Crippen molar-refractivity contribution in [1.82, 2.24) is 0 Å². The minimum absolute atomic E-state index is 0.0613. The van der Waals surface area contributed by atoms with Crippen LogP contribution in [0.15, 0.2) is 218 Å². The zero-order valence-corrected chi connectivity index (χ0v) is 28.9. The van der Waals surface area contributed by atoms with Crippen LogP contribution in [0.25, 0.3) is 22.3 Å². The van der Waals surface area contributed by atoms with Crippen LogP contribution in [-0.2, 0) is 10.8 Å². The van der Waals surface area contributed by atoms with Crippen molar-refractivity contribution in [3.63, 3.8) is 0 Å². The molecule has 0 aliphatic heterocycles. The molecule has 0 radical (unpaired) electrons. The van der Waals surface area contributed by atoms with Crippen LogP contribution in [0.1, 0.15) is 56.3 Å².